The van der Waals surface area contributed by atoms with Crippen molar-refractivity contribution in [3.63, 3.8) is 0 Å². The Bertz CT molecular complexity index is 348. The summed E-state index contributed by atoms with van der Waals surface area (Å²) in [4.78, 5) is 2.30. The average molecular weight is 250 g/mol. The maximum absolute atomic E-state index is 9.28. The number of nitrogens with two attached hydrogens (primary N) is 1. The largest absolute Gasteiger partial charge is 0.508 e. The van der Waals surface area contributed by atoms with Crippen LogP contribution in [0.5, 0.6) is 5.75 Å². The van der Waals surface area contributed by atoms with Crippen molar-refractivity contribution in [2.45, 2.75) is 39.3 Å². The molecule has 2 unspecified atom stereocenters. The summed E-state index contributed by atoms with van der Waals surface area (Å²) in [5, 5.41) is 9.28. The van der Waals surface area contributed by atoms with Gasteiger partial charge in [-0.1, -0.05) is 26.0 Å². The Kier molecular flexibility index (Phi) is 5.63. The molecule has 0 heterocycles. The molecule has 0 saturated carbocycles. The Morgan fingerprint density at radius 1 is 1.17 bits per heavy atom. The highest BCUT2D eigenvalue weighted by Gasteiger charge is 2.14. The SMILES string of the molecule is CC(C)C(N)CCN(C)C(C)c1ccc(O)cc1. The van der Waals surface area contributed by atoms with Crippen LogP contribution in [0.4, 0.5) is 0 Å². The van der Waals surface area contributed by atoms with E-state index in [-0.39, 0.29) is 6.04 Å². The van der Waals surface area contributed by atoms with E-state index >= 15 is 0 Å². The van der Waals surface area contributed by atoms with Crippen LogP contribution in [0.3, 0.4) is 0 Å². The molecule has 1 aromatic carbocycles. The number of nitrogens with zero attached hydrogens (tertiary/aromatic N) is 1. The lowest BCUT2D eigenvalue weighted by Crippen LogP contribution is -2.32. The van der Waals surface area contributed by atoms with Gasteiger partial charge >= 0.3 is 0 Å². The smallest absolute Gasteiger partial charge is 0.115 e. The van der Waals surface area contributed by atoms with Gasteiger partial charge in [0.1, 0.15) is 5.75 Å². The molecular formula is C15H26N2O. The number of phenolic OH excluding ortho intramolecular Hbond substituents is 1. The van der Waals surface area contributed by atoms with Crippen molar-refractivity contribution >= 4 is 0 Å². The van der Waals surface area contributed by atoms with E-state index in [4.69, 9.17) is 5.73 Å². The van der Waals surface area contributed by atoms with Crippen molar-refractivity contribution in [2.24, 2.45) is 11.7 Å². The first-order chi connectivity index (χ1) is 8.41. The van der Waals surface area contributed by atoms with Gasteiger partial charge in [0.15, 0.2) is 0 Å². The first-order valence-corrected chi connectivity index (χ1v) is 6.66. The molecule has 0 amide bonds. The molecule has 1 aromatic rings. The van der Waals surface area contributed by atoms with Gasteiger partial charge in [0.05, 0.1) is 0 Å². The Balaban J connectivity index is 2.51. The van der Waals surface area contributed by atoms with E-state index in [0.29, 0.717) is 17.7 Å². The molecule has 0 aromatic heterocycles. The highest BCUT2D eigenvalue weighted by molar-refractivity contribution is 5.27. The van der Waals surface area contributed by atoms with Crippen molar-refractivity contribution < 1.29 is 5.11 Å². The monoisotopic (exact) mass is 250 g/mol. The molecule has 3 N–H and O–H groups in total. The minimum absolute atomic E-state index is 0.263. The number of aromatic hydroxyl groups is 1. The molecule has 0 bridgehead atoms. The molecule has 0 fully saturated rings. The summed E-state index contributed by atoms with van der Waals surface area (Å²) in [5.74, 6) is 0.845. The minimum atomic E-state index is 0.263. The van der Waals surface area contributed by atoms with Gasteiger partial charge in [-0.2, -0.15) is 0 Å². The van der Waals surface area contributed by atoms with Gasteiger partial charge in [-0.3, -0.25) is 4.90 Å². The Hall–Kier alpha value is -1.06. The third kappa shape index (κ3) is 4.31. The molecule has 0 radical (unpaired) electrons. The molecule has 2 atom stereocenters. The molecule has 3 nitrogen and oxygen atoms in total. The van der Waals surface area contributed by atoms with Gasteiger partial charge in [-0.15, -0.1) is 0 Å². The van der Waals surface area contributed by atoms with Crippen molar-refractivity contribution in [3.05, 3.63) is 29.8 Å². The van der Waals surface area contributed by atoms with Crippen molar-refractivity contribution in [3.8, 4) is 5.75 Å². The predicted octanol–water partition coefficient (Wildman–Crippen LogP) is 2.76. The van der Waals surface area contributed by atoms with Gasteiger partial charge < -0.3 is 10.8 Å². The Morgan fingerprint density at radius 2 is 1.72 bits per heavy atom. The van der Waals surface area contributed by atoms with Crippen LogP contribution in [0.1, 0.15) is 38.8 Å². The van der Waals surface area contributed by atoms with Gasteiger partial charge in [0.25, 0.3) is 0 Å². The summed E-state index contributed by atoms with van der Waals surface area (Å²) in [5.41, 5.74) is 7.28. The van der Waals surface area contributed by atoms with Crippen molar-refractivity contribution in [2.75, 3.05) is 13.6 Å². The first-order valence-electron chi connectivity index (χ1n) is 6.66. The van der Waals surface area contributed by atoms with Crippen LogP contribution in [0.2, 0.25) is 0 Å². The Morgan fingerprint density at radius 3 is 2.22 bits per heavy atom. The van der Waals surface area contributed by atoms with Gasteiger partial charge in [-0.05, 0) is 50.6 Å². The standard InChI is InChI=1S/C15H26N2O/c1-11(2)15(16)9-10-17(4)12(3)13-5-7-14(18)8-6-13/h5-8,11-12,15,18H,9-10,16H2,1-4H3. The van der Waals surface area contributed by atoms with E-state index in [1.165, 1.54) is 5.56 Å². The molecule has 0 aliphatic carbocycles. The fourth-order valence-corrected chi connectivity index (χ4v) is 1.89. The van der Waals surface area contributed by atoms with Crippen molar-refractivity contribution in [1.29, 1.82) is 0 Å². The summed E-state index contributed by atoms with van der Waals surface area (Å²) in [6.45, 7) is 7.48. The maximum atomic E-state index is 9.28. The van der Waals surface area contributed by atoms with Crippen LogP contribution >= 0.6 is 0 Å². The summed E-state index contributed by atoms with van der Waals surface area (Å²) in [6.07, 6.45) is 1.01. The molecule has 3 heteroatoms. The van der Waals surface area contributed by atoms with E-state index in [9.17, 15) is 5.11 Å². The number of benzene rings is 1. The second-order valence-corrected chi connectivity index (χ2v) is 5.44. The van der Waals surface area contributed by atoms with Crippen molar-refractivity contribution in [1.82, 2.24) is 4.90 Å². The van der Waals surface area contributed by atoms with E-state index in [1.807, 2.05) is 12.1 Å². The minimum Gasteiger partial charge on any atom is -0.508 e. The lowest BCUT2D eigenvalue weighted by molar-refractivity contribution is 0.243. The van der Waals surface area contributed by atoms with Crippen LogP contribution in [-0.2, 0) is 0 Å². The number of hydrogen-bond acceptors (Lipinski definition) is 3. The van der Waals surface area contributed by atoms with E-state index in [1.54, 1.807) is 12.1 Å². The molecular weight excluding hydrogens is 224 g/mol. The van der Waals surface area contributed by atoms with Crippen LogP contribution in [0.25, 0.3) is 0 Å². The third-order valence-corrected chi connectivity index (χ3v) is 3.71. The summed E-state index contributed by atoms with van der Waals surface area (Å²) >= 11 is 0. The van der Waals surface area contributed by atoms with Crippen LogP contribution in [0, 0.1) is 5.92 Å². The van der Waals surface area contributed by atoms with Gasteiger partial charge in [0, 0.05) is 12.1 Å². The van der Waals surface area contributed by atoms with Crippen LogP contribution < -0.4 is 5.73 Å². The molecule has 0 aliphatic rings. The Labute approximate surface area is 111 Å². The molecule has 18 heavy (non-hydrogen) atoms. The molecule has 0 spiro atoms. The van der Waals surface area contributed by atoms with Gasteiger partial charge in [0.2, 0.25) is 0 Å². The lowest BCUT2D eigenvalue weighted by atomic mass is 10.0. The quantitative estimate of drug-likeness (QED) is 0.816. The van der Waals surface area contributed by atoms with Crippen LogP contribution in [0.15, 0.2) is 24.3 Å². The zero-order valence-corrected chi connectivity index (χ0v) is 11.9. The van der Waals surface area contributed by atoms with E-state index in [0.717, 1.165) is 13.0 Å². The third-order valence-electron chi connectivity index (χ3n) is 3.71. The molecule has 1 rings (SSSR count). The summed E-state index contributed by atoms with van der Waals surface area (Å²) in [7, 11) is 2.12. The zero-order chi connectivity index (χ0) is 13.7. The number of rotatable bonds is 6. The lowest BCUT2D eigenvalue weighted by Gasteiger charge is -2.27. The molecule has 0 aliphatic heterocycles. The second kappa shape index (κ2) is 6.76. The second-order valence-electron chi connectivity index (χ2n) is 5.44. The van der Waals surface area contributed by atoms with Gasteiger partial charge in [-0.25, -0.2) is 0 Å². The number of phenols is 1. The molecule has 102 valence electrons. The summed E-state index contributed by atoms with van der Waals surface area (Å²) in [6, 6.07) is 8.01. The normalized spacial score (nSPS) is 15.1. The van der Waals surface area contributed by atoms with E-state index in [2.05, 4.69) is 32.7 Å². The fourth-order valence-electron chi connectivity index (χ4n) is 1.89. The van der Waals surface area contributed by atoms with E-state index < -0.39 is 0 Å². The average Bonchev–Trinajstić information content (AvgIpc) is 2.35. The van der Waals surface area contributed by atoms with Crippen LogP contribution in [-0.4, -0.2) is 29.6 Å². The zero-order valence-electron chi connectivity index (χ0n) is 11.9. The number of hydrogen-bond donors (Lipinski definition) is 2. The predicted molar refractivity (Wildman–Crippen MR) is 76.6 cm³/mol. The highest BCUT2D eigenvalue weighted by atomic mass is 16.3. The topological polar surface area (TPSA) is 49.5 Å². The summed E-state index contributed by atoms with van der Waals surface area (Å²) < 4.78 is 0. The highest BCUT2D eigenvalue weighted by Crippen LogP contribution is 2.21. The molecule has 0 saturated heterocycles. The fraction of sp³-hybridized carbons (Fsp3) is 0.600. The maximum Gasteiger partial charge on any atom is 0.115 e. The first kappa shape index (κ1) is 15.0.